The standard InChI is InChI=1S/C20H21N3O4/c1-5-11-27-19(25)14-12(2)21-17-16(15(14)13-9-7-6-8-10-13)18(24)23(4)20(26)22(17)3/h5-10,15,21H,1,11H2,2-4H3/t15-/m1/s1. The van der Waals surface area contributed by atoms with E-state index in [0.717, 1.165) is 10.1 Å². The van der Waals surface area contributed by atoms with E-state index in [4.69, 9.17) is 4.74 Å². The van der Waals surface area contributed by atoms with Gasteiger partial charge in [-0.1, -0.05) is 43.0 Å². The van der Waals surface area contributed by atoms with Crippen molar-refractivity contribution in [3.8, 4) is 0 Å². The first-order valence-corrected chi connectivity index (χ1v) is 8.49. The van der Waals surface area contributed by atoms with E-state index in [2.05, 4.69) is 11.9 Å². The predicted octanol–water partition coefficient (Wildman–Crippen LogP) is 1.64. The number of esters is 1. The predicted molar refractivity (Wildman–Crippen MR) is 103 cm³/mol. The van der Waals surface area contributed by atoms with Gasteiger partial charge in [-0.05, 0) is 12.5 Å². The van der Waals surface area contributed by atoms with E-state index in [1.165, 1.54) is 17.7 Å². The van der Waals surface area contributed by atoms with Gasteiger partial charge >= 0.3 is 11.7 Å². The zero-order valence-corrected chi connectivity index (χ0v) is 15.5. The number of nitrogens with zero attached hydrogens (tertiary/aromatic N) is 2. The Hall–Kier alpha value is -3.35. The third-order valence-electron chi connectivity index (χ3n) is 4.67. The highest BCUT2D eigenvalue weighted by Crippen LogP contribution is 2.39. The van der Waals surface area contributed by atoms with Gasteiger partial charge in [0.25, 0.3) is 5.56 Å². The monoisotopic (exact) mass is 367 g/mol. The molecule has 0 radical (unpaired) electrons. The number of hydrogen-bond acceptors (Lipinski definition) is 5. The van der Waals surface area contributed by atoms with E-state index in [1.807, 2.05) is 30.3 Å². The van der Waals surface area contributed by atoms with Crippen LogP contribution in [0.2, 0.25) is 0 Å². The molecule has 27 heavy (non-hydrogen) atoms. The summed E-state index contributed by atoms with van der Waals surface area (Å²) in [7, 11) is 3.01. The summed E-state index contributed by atoms with van der Waals surface area (Å²) in [4.78, 5) is 38.1. The molecule has 0 bridgehead atoms. The number of allylic oxidation sites excluding steroid dienone is 1. The molecule has 3 rings (SSSR count). The van der Waals surface area contributed by atoms with Crippen molar-refractivity contribution in [3.63, 3.8) is 0 Å². The van der Waals surface area contributed by atoms with Crippen molar-refractivity contribution in [3.05, 3.63) is 86.2 Å². The molecular weight excluding hydrogens is 346 g/mol. The molecule has 0 aliphatic carbocycles. The lowest BCUT2D eigenvalue weighted by molar-refractivity contribution is -0.138. The number of fused-ring (bicyclic) bond motifs is 1. The molecule has 2 aromatic rings. The molecule has 0 fully saturated rings. The summed E-state index contributed by atoms with van der Waals surface area (Å²) in [5, 5.41) is 3.05. The highest BCUT2D eigenvalue weighted by atomic mass is 16.5. The van der Waals surface area contributed by atoms with Crippen LogP contribution in [0.4, 0.5) is 5.82 Å². The fourth-order valence-corrected chi connectivity index (χ4v) is 3.35. The van der Waals surface area contributed by atoms with Crippen LogP contribution >= 0.6 is 0 Å². The zero-order valence-electron chi connectivity index (χ0n) is 15.5. The average Bonchev–Trinajstić information content (AvgIpc) is 2.68. The molecule has 1 aliphatic heterocycles. The lowest BCUT2D eigenvalue weighted by Gasteiger charge is -2.30. The molecule has 1 aromatic carbocycles. The third-order valence-corrected chi connectivity index (χ3v) is 4.67. The first-order valence-electron chi connectivity index (χ1n) is 8.49. The van der Waals surface area contributed by atoms with Gasteiger partial charge in [0.1, 0.15) is 12.4 Å². The van der Waals surface area contributed by atoms with Crippen LogP contribution in [-0.2, 0) is 23.6 Å². The minimum absolute atomic E-state index is 0.0647. The van der Waals surface area contributed by atoms with Crippen LogP contribution in [0.1, 0.15) is 24.0 Å². The largest absolute Gasteiger partial charge is 0.458 e. The van der Waals surface area contributed by atoms with Crippen LogP contribution in [0.25, 0.3) is 0 Å². The van der Waals surface area contributed by atoms with Gasteiger partial charge in [-0.3, -0.25) is 13.9 Å². The molecule has 7 heteroatoms. The average molecular weight is 367 g/mol. The molecule has 0 unspecified atom stereocenters. The van der Waals surface area contributed by atoms with Crippen LogP contribution in [0.3, 0.4) is 0 Å². The molecule has 2 heterocycles. The van der Waals surface area contributed by atoms with Gasteiger partial charge in [-0.2, -0.15) is 0 Å². The molecule has 140 valence electrons. The van der Waals surface area contributed by atoms with Gasteiger partial charge in [0.15, 0.2) is 0 Å². The van der Waals surface area contributed by atoms with Crippen molar-refractivity contribution >= 4 is 11.8 Å². The Balaban J connectivity index is 2.33. The molecule has 1 aliphatic rings. The summed E-state index contributed by atoms with van der Waals surface area (Å²) in [6.45, 7) is 5.35. The van der Waals surface area contributed by atoms with E-state index in [-0.39, 0.29) is 6.61 Å². The Bertz CT molecular complexity index is 1060. The Kier molecular flexibility index (Phi) is 4.85. The number of ether oxygens (including phenoxy) is 1. The first-order chi connectivity index (χ1) is 12.9. The second kappa shape index (κ2) is 7.11. The molecule has 0 saturated carbocycles. The van der Waals surface area contributed by atoms with Gasteiger partial charge < -0.3 is 10.1 Å². The van der Waals surface area contributed by atoms with Gasteiger partial charge in [0.2, 0.25) is 0 Å². The zero-order chi connectivity index (χ0) is 19.7. The number of benzene rings is 1. The summed E-state index contributed by atoms with van der Waals surface area (Å²) in [6.07, 6.45) is 1.48. The smallest absolute Gasteiger partial charge is 0.337 e. The maximum absolute atomic E-state index is 13.0. The number of anilines is 1. The summed E-state index contributed by atoms with van der Waals surface area (Å²) >= 11 is 0. The number of hydrogen-bond donors (Lipinski definition) is 1. The lowest BCUT2D eigenvalue weighted by atomic mass is 9.82. The molecule has 7 nitrogen and oxygen atoms in total. The van der Waals surface area contributed by atoms with Crippen molar-refractivity contribution in [1.82, 2.24) is 9.13 Å². The fourth-order valence-electron chi connectivity index (χ4n) is 3.35. The van der Waals surface area contributed by atoms with E-state index in [9.17, 15) is 14.4 Å². The fraction of sp³-hybridized carbons (Fsp3) is 0.250. The van der Waals surface area contributed by atoms with Crippen molar-refractivity contribution in [2.24, 2.45) is 14.1 Å². The molecule has 1 atom stereocenters. The molecule has 0 saturated heterocycles. The second-order valence-corrected chi connectivity index (χ2v) is 6.36. The van der Waals surface area contributed by atoms with Crippen molar-refractivity contribution < 1.29 is 9.53 Å². The number of carbonyl (C=O) groups excluding carboxylic acids is 1. The van der Waals surface area contributed by atoms with Gasteiger partial charge in [0.05, 0.1) is 17.1 Å². The lowest BCUT2D eigenvalue weighted by Crippen LogP contribution is -2.43. The molecular formula is C20H21N3O4. The third kappa shape index (κ3) is 3.01. The number of rotatable bonds is 4. The highest BCUT2D eigenvalue weighted by Gasteiger charge is 2.37. The number of nitrogens with one attached hydrogen (secondary N) is 1. The summed E-state index contributed by atoms with van der Waals surface area (Å²) in [5.41, 5.74) is 1.09. The van der Waals surface area contributed by atoms with E-state index < -0.39 is 23.1 Å². The van der Waals surface area contributed by atoms with Gasteiger partial charge in [0, 0.05) is 19.8 Å². The van der Waals surface area contributed by atoms with Gasteiger partial charge in [-0.15, -0.1) is 0 Å². The maximum Gasteiger partial charge on any atom is 0.337 e. The van der Waals surface area contributed by atoms with Crippen LogP contribution in [0.15, 0.2) is 63.8 Å². The Morgan fingerprint density at radius 2 is 1.89 bits per heavy atom. The Morgan fingerprint density at radius 1 is 1.22 bits per heavy atom. The number of carbonyl (C=O) groups is 1. The summed E-state index contributed by atoms with van der Waals surface area (Å²) < 4.78 is 7.68. The summed E-state index contributed by atoms with van der Waals surface area (Å²) in [5.74, 6) is -0.796. The first kappa shape index (κ1) is 18.4. The topological polar surface area (TPSA) is 82.3 Å². The summed E-state index contributed by atoms with van der Waals surface area (Å²) in [6, 6.07) is 9.23. The second-order valence-electron chi connectivity index (χ2n) is 6.36. The number of aromatic nitrogens is 2. The van der Waals surface area contributed by atoms with Crippen LogP contribution in [0.5, 0.6) is 0 Å². The minimum atomic E-state index is -0.648. The van der Waals surface area contributed by atoms with Gasteiger partial charge in [-0.25, -0.2) is 9.59 Å². The van der Waals surface area contributed by atoms with Crippen LogP contribution in [0, 0.1) is 0 Å². The Labute approximate surface area is 156 Å². The quantitative estimate of drug-likeness (QED) is 0.656. The van der Waals surface area contributed by atoms with Crippen LogP contribution < -0.4 is 16.6 Å². The van der Waals surface area contributed by atoms with Crippen molar-refractivity contribution in [2.45, 2.75) is 12.8 Å². The molecule has 1 N–H and O–H groups in total. The van der Waals surface area contributed by atoms with E-state index in [0.29, 0.717) is 22.7 Å². The maximum atomic E-state index is 13.0. The molecule has 1 aromatic heterocycles. The van der Waals surface area contributed by atoms with E-state index >= 15 is 0 Å². The molecule has 0 amide bonds. The SMILES string of the molecule is C=CCOC(=O)C1=C(C)Nc2c(c(=O)n(C)c(=O)n2C)[C@@H]1c1ccccc1. The van der Waals surface area contributed by atoms with Crippen molar-refractivity contribution in [2.75, 3.05) is 11.9 Å². The van der Waals surface area contributed by atoms with E-state index in [1.54, 1.807) is 14.0 Å². The van der Waals surface area contributed by atoms with Crippen molar-refractivity contribution in [1.29, 1.82) is 0 Å². The normalized spacial score (nSPS) is 15.7. The highest BCUT2D eigenvalue weighted by molar-refractivity contribution is 5.94. The Morgan fingerprint density at radius 3 is 2.52 bits per heavy atom. The van der Waals surface area contributed by atoms with Crippen LogP contribution in [-0.4, -0.2) is 21.7 Å². The minimum Gasteiger partial charge on any atom is -0.458 e. The molecule has 0 spiro atoms.